The minimum absolute atomic E-state index is 0.246. The fraction of sp³-hybridized carbons (Fsp3) is 0.421. The number of ether oxygens (including phenoxy) is 1. The lowest BCUT2D eigenvalue weighted by molar-refractivity contribution is 0.150. The summed E-state index contributed by atoms with van der Waals surface area (Å²) in [6, 6.07) is 26.6. The molecule has 0 spiro atoms. The van der Waals surface area contributed by atoms with Gasteiger partial charge in [0.1, 0.15) is 5.75 Å². The standard InChI is InChI=1S/C38H51N5O2S/c1-6-7-8-9-14-27-43(38(44)45-34-17-12-10-13-18-34)28-15-11-16-29-46-37-39-35(30-19-23-32(24-20-30)41(2)3)36(40-37)31-21-25-33(26-22-31)42(4)5/h10,12-13,17-26H,6-9,11,14-16,27-29H2,1-5H3,(H,39,40). The molecule has 1 aromatic heterocycles. The van der Waals surface area contributed by atoms with Crippen molar-refractivity contribution in [2.75, 3.05) is 56.8 Å². The third kappa shape index (κ3) is 10.6. The lowest BCUT2D eigenvalue weighted by Gasteiger charge is -2.22. The van der Waals surface area contributed by atoms with Crippen molar-refractivity contribution < 1.29 is 9.53 Å². The Balaban J connectivity index is 1.34. The highest BCUT2D eigenvalue weighted by Gasteiger charge is 2.17. The number of unbranched alkanes of at least 4 members (excludes halogenated alkanes) is 6. The van der Waals surface area contributed by atoms with Crippen LogP contribution in [-0.4, -0.2) is 68.0 Å². The Morgan fingerprint density at radius 2 is 1.28 bits per heavy atom. The van der Waals surface area contributed by atoms with Gasteiger partial charge < -0.3 is 24.4 Å². The van der Waals surface area contributed by atoms with Gasteiger partial charge in [-0.05, 0) is 55.7 Å². The van der Waals surface area contributed by atoms with E-state index in [-0.39, 0.29) is 6.09 Å². The summed E-state index contributed by atoms with van der Waals surface area (Å²) < 4.78 is 5.68. The lowest BCUT2D eigenvalue weighted by Crippen LogP contribution is -2.35. The molecule has 0 unspecified atom stereocenters. The first kappa shape index (κ1) is 35.0. The predicted molar refractivity (Wildman–Crippen MR) is 195 cm³/mol. The van der Waals surface area contributed by atoms with E-state index in [9.17, 15) is 4.79 Å². The number of imidazole rings is 1. The molecule has 0 atom stereocenters. The van der Waals surface area contributed by atoms with Crippen molar-refractivity contribution in [2.45, 2.75) is 63.4 Å². The van der Waals surface area contributed by atoms with Crippen LogP contribution in [0.5, 0.6) is 5.75 Å². The van der Waals surface area contributed by atoms with Gasteiger partial charge in [-0.1, -0.05) is 93.3 Å². The summed E-state index contributed by atoms with van der Waals surface area (Å²) in [5.74, 6) is 1.55. The quantitative estimate of drug-likeness (QED) is 0.0862. The number of benzene rings is 3. The highest BCUT2D eigenvalue weighted by molar-refractivity contribution is 7.99. The number of anilines is 2. The SMILES string of the molecule is CCCCCCCN(CCCCCSc1nc(-c2ccc(N(C)C)cc2)c(-c2ccc(N(C)C)cc2)[nH]1)C(=O)Oc1ccccc1. The summed E-state index contributed by atoms with van der Waals surface area (Å²) in [5, 5.41) is 0.929. The second-order valence-corrected chi connectivity index (χ2v) is 13.2. The number of hydrogen-bond donors (Lipinski definition) is 1. The van der Waals surface area contributed by atoms with E-state index in [0.717, 1.165) is 83.4 Å². The molecule has 246 valence electrons. The third-order valence-corrected chi connectivity index (χ3v) is 9.02. The number of H-pyrrole nitrogens is 1. The minimum Gasteiger partial charge on any atom is -0.410 e. The van der Waals surface area contributed by atoms with Crippen LogP contribution in [-0.2, 0) is 0 Å². The number of rotatable bonds is 18. The number of nitrogens with zero attached hydrogens (tertiary/aromatic N) is 4. The molecule has 0 bridgehead atoms. The maximum absolute atomic E-state index is 13.0. The van der Waals surface area contributed by atoms with E-state index in [1.807, 2.05) is 35.2 Å². The smallest absolute Gasteiger partial charge is 0.410 e. The number of aromatic nitrogens is 2. The number of carbonyl (C=O) groups is 1. The van der Waals surface area contributed by atoms with Crippen LogP contribution in [0, 0.1) is 0 Å². The molecule has 8 heteroatoms. The van der Waals surface area contributed by atoms with E-state index in [1.54, 1.807) is 11.8 Å². The van der Waals surface area contributed by atoms with Crippen molar-refractivity contribution in [2.24, 2.45) is 0 Å². The Morgan fingerprint density at radius 1 is 0.717 bits per heavy atom. The molecule has 3 aromatic carbocycles. The van der Waals surface area contributed by atoms with Gasteiger partial charge in [0.05, 0.1) is 11.4 Å². The average molecular weight is 642 g/mol. The number of carbonyl (C=O) groups excluding carboxylic acids is 1. The highest BCUT2D eigenvalue weighted by atomic mass is 32.2. The normalized spacial score (nSPS) is 11.0. The third-order valence-electron chi connectivity index (χ3n) is 8.06. The van der Waals surface area contributed by atoms with Crippen molar-refractivity contribution in [3.63, 3.8) is 0 Å². The molecule has 1 heterocycles. The number of para-hydroxylation sites is 1. The van der Waals surface area contributed by atoms with Gasteiger partial charge in [-0.25, -0.2) is 9.78 Å². The number of aromatic amines is 1. The van der Waals surface area contributed by atoms with Crippen molar-refractivity contribution in [1.82, 2.24) is 14.9 Å². The molecule has 0 saturated heterocycles. The average Bonchev–Trinajstić information content (AvgIpc) is 3.50. The first-order chi connectivity index (χ1) is 22.4. The summed E-state index contributed by atoms with van der Waals surface area (Å²) in [6.07, 6.45) is 8.62. The summed E-state index contributed by atoms with van der Waals surface area (Å²) in [4.78, 5) is 27.8. The maximum atomic E-state index is 13.0. The Kier molecular flexibility index (Phi) is 13.9. The van der Waals surface area contributed by atoms with Crippen LogP contribution in [0.15, 0.2) is 84.0 Å². The van der Waals surface area contributed by atoms with Crippen LogP contribution < -0.4 is 14.5 Å². The Morgan fingerprint density at radius 3 is 1.87 bits per heavy atom. The summed E-state index contributed by atoms with van der Waals surface area (Å²) >= 11 is 1.76. The van der Waals surface area contributed by atoms with Gasteiger partial charge in [0.25, 0.3) is 0 Å². The molecule has 7 nitrogen and oxygen atoms in total. The van der Waals surface area contributed by atoms with Crippen molar-refractivity contribution in [3.8, 4) is 28.3 Å². The zero-order valence-corrected chi connectivity index (χ0v) is 29.1. The first-order valence-electron chi connectivity index (χ1n) is 16.7. The predicted octanol–water partition coefficient (Wildman–Crippen LogP) is 9.61. The summed E-state index contributed by atoms with van der Waals surface area (Å²) in [6.45, 7) is 3.68. The summed E-state index contributed by atoms with van der Waals surface area (Å²) in [5.41, 5.74) is 6.55. The minimum atomic E-state index is -0.246. The Hall–Kier alpha value is -3.91. The van der Waals surface area contributed by atoms with Crippen LogP contribution in [0.2, 0.25) is 0 Å². The Bertz CT molecular complexity index is 1380. The van der Waals surface area contributed by atoms with Gasteiger partial charge in [-0.3, -0.25) is 0 Å². The monoisotopic (exact) mass is 641 g/mol. The molecule has 0 fully saturated rings. The summed E-state index contributed by atoms with van der Waals surface area (Å²) in [7, 11) is 8.22. The zero-order valence-electron chi connectivity index (χ0n) is 28.3. The molecule has 0 saturated carbocycles. The fourth-order valence-electron chi connectivity index (χ4n) is 5.29. The van der Waals surface area contributed by atoms with Crippen LogP contribution >= 0.6 is 11.8 Å². The van der Waals surface area contributed by atoms with E-state index >= 15 is 0 Å². The molecule has 46 heavy (non-hydrogen) atoms. The molecule has 0 radical (unpaired) electrons. The number of thioether (sulfide) groups is 1. The topological polar surface area (TPSA) is 64.7 Å². The van der Waals surface area contributed by atoms with E-state index in [4.69, 9.17) is 9.72 Å². The van der Waals surface area contributed by atoms with Gasteiger partial charge >= 0.3 is 6.09 Å². The molecule has 0 aliphatic carbocycles. The van der Waals surface area contributed by atoms with E-state index in [0.29, 0.717) is 12.3 Å². The van der Waals surface area contributed by atoms with Crippen LogP contribution in [0.1, 0.15) is 58.3 Å². The molecule has 1 amide bonds. The van der Waals surface area contributed by atoms with Crippen molar-refractivity contribution in [1.29, 1.82) is 0 Å². The van der Waals surface area contributed by atoms with Crippen molar-refractivity contribution in [3.05, 3.63) is 78.9 Å². The maximum Gasteiger partial charge on any atom is 0.415 e. The van der Waals surface area contributed by atoms with Gasteiger partial charge in [0.15, 0.2) is 5.16 Å². The molecular weight excluding hydrogens is 591 g/mol. The first-order valence-corrected chi connectivity index (χ1v) is 17.6. The van der Waals surface area contributed by atoms with Gasteiger partial charge in [-0.2, -0.15) is 0 Å². The van der Waals surface area contributed by atoms with Crippen LogP contribution in [0.4, 0.5) is 16.2 Å². The Labute approximate surface area is 280 Å². The van der Waals surface area contributed by atoms with Gasteiger partial charge in [0.2, 0.25) is 0 Å². The number of hydrogen-bond acceptors (Lipinski definition) is 6. The molecule has 1 N–H and O–H groups in total. The largest absolute Gasteiger partial charge is 0.415 e. The highest BCUT2D eigenvalue weighted by Crippen LogP contribution is 2.34. The lowest BCUT2D eigenvalue weighted by atomic mass is 10.0. The van der Waals surface area contributed by atoms with E-state index in [2.05, 4.69) is 98.4 Å². The number of amides is 1. The van der Waals surface area contributed by atoms with E-state index in [1.165, 1.54) is 19.3 Å². The zero-order chi connectivity index (χ0) is 32.7. The second-order valence-electron chi connectivity index (χ2n) is 12.1. The van der Waals surface area contributed by atoms with Crippen molar-refractivity contribution >= 4 is 29.2 Å². The van der Waals surface area contributed by atoms with Gasteiger partial charge in [-0.15, -0.1) is 0 Å². The number of nitrogens with one attached hydrogen (secondary N) is 1. The molecular formula is C38H51N5O2S. The van der Waals surface area contributed by atoms with E-state index < -0.39 is 0 Å². The van der Waals surface area contributed by atoms with Crippen LogP contribution in [0.25, 0.3) is 22.5 Å². The molecule has 4 aromatic rings. The van der Waals surface area contributed by atoms with Gasteiger partial charge in [0, 0.05) is 69.5 Å². The molecule has 4 rings (SSSR count). The fourth-order valence-corrected chi connectivity index (χ4v) is 6.16. The second kappa shape index (κ2) is 18.3. The van der Waals surface area contributed by atoms with Crippen LogP contribution in [0.3, 0.4) is 0 Å². The molecule has 0 aliphatic rings. The molecule has 0 aliphatic heterocycles.